The molecule has 31 heavy (non-hydrogen) atoms. The van der Waals surface area contributed by atoms with Gasteiger partial charge in [0.2, 0.25) is 17.7 Å². The third kappa shape index (κ3) is 3.31. The van der Waals surface area contributed by atoms with Crippen molar-refractivity contribution in [1.29, 1.82) is 0 Å². The van der Waals surface area contributed by atoms with E-state index in [-0.39, 0.29) is 24.3 Å². The monoisotopic (exact) mass is 431 g/mol. The van der Waals surface area contributed by atoms with Crippen LogP contribution in [0, 0.1) is 11.8 Å². The molecule has 1 N–H and O–H groups in total. The maximum Gasteiger partial charge on any atom is 0.249 e. The molecule has 8 nitrogen and oxygen atoms in total. The number of aliphatic hydroxyl groups is 1. The number of hydrogen-bond acceptors (Lipinski definition) is 5. The number of fused-ring (bicyclic) bond motifs is 2. The Morgan fingerprint density at radius 3 is 2.52 bits per heavy atom. The van der Waals surface area contributed by atoms with Crippen LogP contribution in [0.4, 0.5) is 0 Å². The Kier molecular flexibility index (Phi) is 5.50. The summed E-state index contributed by atoms with van der Waals surface area (Å²) in [5.74, 6) is -1.88. The second kappa shape index (κ2) is 7.74. The second-order valence-corrected chi connectivity index (χ2v) is 9.97. The maximum atomic E-state index is 13.9. The van der Waals surface area contributed by atoms with E-state index in [1.807, 2.05) is 45.1 Å². The third-order valence-corrected chi connectivity index (χ3v) is 6.98. The van der Waals surface area contributed by atoms with E-state index in [0.717, 1.165) is 0 Å². The summed E-state index contributed by atoms with van der Waals surface area (Å²) in [4.78, 5) is 45.9. The van der Waals surface area contributed by atoms with Crippen molar-refractivity contribution in [2.24, 2.45) is 11.8 Å². The lowest BCUT2D eigenvalue weighted by atomic mass is 9.77. The van der Waals surface area contributed by atoms with Crippen LogP contribution in [-0.4, -0.2) is 94.1 Å². The van der Waals surface area contributed by atoms with E-state index < -0.39 is 35.1 Å². The SMILES string of the molecule is CN1CC=C[C@@H]2O[C@]34C=CCN(C(C)(C)C)C(=O)C3N(CCCCO)C(=O)[C@@H]4[C@@H]2C1=O. The van der Waals surface area contributed by atoms with Crippen LogP contribution in [0.5, 0.6) is 0 Å². The smallest absolute Gasteiger partial charge is 0.249 e. The zero-order chi connectivity index (χ0) is 22.6. The van der Waals surface area contributed by atoms with E-state index in [1.165, 1.54) is 0 Å². The first-order valence-corrected chi connectivity index (χ1v) is 11.1. The minimum absolute atomic E-state index is 0.0263. The molecule has 0 saturated carbocycles. The Morgan fingerprint density at radius 1 is 1.10 bits per heavy atom. The van der Waals surface area contributed by atoms with Crippen LogP contribution in [0.3, 0.4) is 0 Å². The number of aliphatic hydroxyl groups excluding tert-OH is 1. The van der Waals surface area contributed by atoms with Gasteiger partial charge in [0.1, 0.15) is 11.6 Å². The average molecular weight is 432 g/mol. The van der Waals surface area contributed by atoms with Gasteiger partial charge in [0.05, 0.1) is 17.9 Å². The molecule has 1 spiro atoms. The lowest BCUT2D eigenvalue weighted by Gasteiger charge is -2.40. The molecule has 0 radical (unpaired) electrons. The van der Waals surface area contributed by atoms with Crippen molar-refractivity contribution in [2.75, 3.05) is 33.3 Å². The number of rotatable bonds is 4. The van der Waals surface area contributed by atoms with Crippen LogP contribution < -0.4 is 0 Å². The number of ether oxygens (including phenoxy) is 1. The number of unbranched alkanes of at least 4 members (excludes halogenated alkanes) is 1. The van der Waals surface area contributed by atoms with Crippen molar-refractivity contribution >= 4 is 17.7 Å². The van der Waals surface area contributed by atoms with Gasteiger partial charge in [0.25, 0.3) is 0 Å². The van der Waals surface area contributed by atoms with Gasteiger partial charge in [-0.05, 0) is 33.6 Å². The van der Waals surface area contributed by atoms with Crippen molar-refractivity contribution in [2.45, 2.75) is 56.9 Å². The van der Waals surface area contributed by atoms with Gasteiger partial charge in [-0.25, -0.2) is 0 Å². The van der Waals surface area contributed by atoms with E-state index in [4.69, 9.17) is 4.74 Å². The lowest BCUT2D eigenvalue weighted by molar-refractivity contribution is -0.151. The lowest BCUT2D eigenvalue weighted by Crippen LogP contribution is -2.58. The molecule has 0 aromatic rings. The highest BCUT2D eigenvalue weighted by atomic mass is 16.5. The number of carbonyl (C=O) groups is 3. The second-order valence-electron chi connectivity index (χ2n) is 9.97. The fourth-order valence-corrected chi connectivity index (χ4v) is 5.50. The van der Waals surface area contributed by atoms with Crippen molar-refractivity contribution in [1.82, 2.24) is 14.7 Å². The molecule has 4 rings (SSSR count). The maximum absolute atomic E-state index is 13.9. The summed E-state index contributed by atoms with van der Waals surface area (Å²) in [7, 11) is 1.73. The normalized spacial score (nSPS) is 35.3. The molecular formula is C23H33N3O5. The molecule has 4 aliphatic heterocycles. The topological polar surface area (TPSA) is 90.4 Å². The summed E-state index contributed by atoms with van der Waals surface area (Å²) < 4.78 is 6.52. The van der Waals surface area contributed by atoms with Crippen molar-refractivity contribution < 1.29 is 24.2 Å². The van der Waals surface area contributed by atoms with Crippen LogP contribution >= 0.6 is 0 Å². The van der Waals surface area contributed by atoms with Crippen LogP contribution in [0.2, 0.25) is 0 Å². The Morgan fingerprint density at radius 2 is 1.84 bits per heavy atom. The Labute approximate surface area is 183 Å². The molecule has 8 heteroatoms. The van der Waals surface area contributed by atoms with Crippen LogP contribution in [0.15, 0.2) is 24.3 Å². The quantitative estimate of drug-likeness (QED) is 0.519. The van der Waals surface area contributed by atoms with Crippen molar-refractivity contribution in [3.63, 3.8) is 0 Å². The number of nitrogens with zero attached hydrogens (tertiary/aromatic N) is 3. The fraction of sp³-hybridized carbons (Fsp3) is 0.696. The molecule has 0 aliphatic carbocycles. The van der Waals surface area contributed by atoms with E-state index in [0.29, 0.717) is 32.5 Å². The van der Waals surface area contributed by atoms with Gasteiger partial charge in [-0.3, -0.25) is 14.4 Å². The zero-order valence-corrected chi connectivity index (χ0v) is 18.8. The molecule has 2 saturated heterocycles. The highest BCUT2D eigenvalue weighted by Gasteiger charge is 2.71. The summed E-state index contributed by atoms with van der Waals surface area (Å²) >= 11 is 0. The van der Waals surface area contributed by atoms with Crippen LogP contribution in [0.1, 0.15) is 33.6 Å². The Balaban J connectivity index is 1.81. The number of likely N-dealkylation sites (N-methyl/N-ethyl adjacent to an activating group) is 1. The van der Waals surface area contributed by atoms with Crippen LogP contribution in [0.25, 0.3) is 0 Å². The summed E-state index contributed by atoms with van der Waals surface area (Å²) in [6, 6.07) is -0.819. The predicted molar refractivity (Wildman–Crippen MR) is 114 cm³/mol. The Bertz CT molecular complexity index is 832. The molecular weight excluding hydrogens is 398 g/mol. The molecule has 3 amide bonds. The first-order chi connectivity index (χ1) is 14.6. The van der Waals surface area contributed by atoms with Crippen molar-refractivity contribution in [3.05, 3.63) is 24.3 Å². The van der Waals surface area contributed by atoms with Gasteiger partial charge in [-0.1, -0.05) is 24.3 Å². The summed E-state index contributed by atoms with van der Waals surface area (Å²) in [5.41, 5.74) is -1.59. The average Bonchev–Trinajstić information content (AvgIpc) is 3.00. The van der Waals surface area contributed by atoms with Gasteiger partial charge in [-0.2, -0.15) is 0 Å². The molecule has 5 atom stereocenters. The van der Waals surface area contributed by atoms with Gasteiger partial charge in [-0.15, -0.1) is 0 Å². The predicted octanol–water partition coefficient (Wildman–Crippen LogP) is 0.565. The van der Waals surface area contributed by atoms with E-state index in [9.17, 15) is 19.5 Å². The van der Waals surface area contributed by atoms with Crippen molar-refractivity contribution in [3.8, 4) is 0 Å². The number of carbonyl (C=O) groups excluding carboxylic acids is 3. The fourth-order valence-electron chi connectivity index (χ4n) is 5.50. The van der Waals surface area contributed by atoms with Gasteiger partial charge in [0, 0.05) is 38.8 Å². The van der Waals surface area contributed by atoms with E-state index in [1.54, 1.807) is 21.7 Å². The first kappa shape index (κ1) is 22.0. The van der Waals surface area contributed by atoms with E-state index >= 15 is 0 Å². The van der Waals surface area contributed by atoms with Gasteiger partial charge < -0.3 is 24.5 Å². The number of amides is 3. The van der Waals surface area contributed by atoms with Crippen LogP contribution in [-0.2, 0) is 19.1 Å². The molecule has 4 aliphatic rings. The number of likely N-dealkylation sites (tertiary alicyclic amines) is 1. The Hall–Kier alpha value is -2.19. The minimum atomic E-state index is -1.17. The zero-order valence-electron chi connectivity index (χ0n) is 18.8. The minimum Gasteiger partial charge on any atom is -0.396 e. The standard InChI is InChI=1S/C23H33N3O5/c1-22(2,3)26-13-8-10-23-17(16-15(31-23)9-7-11-24(4)19(16)28)20(29)25(12-5-6-14-27)18(23)21(26)30/h7-10,15-18,27H,5-6,11-14H2,1-4H3/t15-,16+,17-,18?,23-/m0/s1. The largest absolute Gasteiger partial charge is 0.396 e. The summed E-state index contributed by atoms with van der Waals surface area (Å²) in [5, 5.41) is 9.22. The molecule has 1 unspecified atom stereocenters. The highest BCUT2D eigenvalue weighted by Crippen LogP contribution is 2.53. The molecule has 2 fully saturated rings. The molecule has 0 bridgehead atoms. The molecule has 0 aromatic heterocycles. The van der Waals surface area contributed by atoms with Gasteiger partial charge in [0.15, 0.2) is 0 Å². The van der Waals surface area contributed by atoms with Gasteiger partial charge >= 0.3 is 0 Å². The molecule has 4 heterocycles. The molecule has 0 aromatic carbocycles. The number of hydrogen-bond donors (Lipinski definition) is 1. The summed E-state index contributed by atoms with van der Waals surface area (Å²) in [6.07, 6.45) is 8.11. The first-order valence-electron chi connectivity index (χ1n) is 11.1. The third-order valence-electron chi connectivity index (χ3n) is 6.98. The van der Waals surface area contributed by atoms with E-state index in [2.05, 4.69) is 0 Å². The summed E-state index contributed by atoms with van der Waals surface area (Å²) in [6.45, 7) is 7.19. The molecule has 170 valence electrons. The highest BCUT2D eigenvalue weighted by molar-refractivity contribution is 5.99.